The minimum absolute atomic E-state index is 0.0729. The fourth-order valence-corrected chi connectivity index (χ4v) is 3.12. The van der Waals surface area contributed by atoms with E-state index >= 15 is 0 Å². The second kappa shape index (κ2) is 5.11. The molecule has 1 aromatic rings. The van der Waals surface area contributed by atoms with Crippen LogP contribution in [0.25, 0.3) is 0 Å². The van der Waals surface area contributed by atoms with Gasteiger partial charge in [-0.15, -0.1) is 0 Å². The molecule has 0 spiro atoms. The number of rotatable bonds is 6. The van der Waals surface area contributed by atoms with Crippen molar-refractivity contribution >= 4 is 11.6 Å². The third kappa shape index (κ3) is 2.53. The number of amides is 1. The van der Waals surface area contributed by atoms with Crippen molar-refractivity contribution in [3.63, 3.8) is 0 Å². The molecule has 0 bridgehead atoms. The van der Waals surface area contributed by atoms with E-state index in [1.54, 1.807) is 4.68 Å². The summed E-state index contributed by atoms with van der Waals surface area (Å²) in [6, 6.07) is 0. The molecule has 3 rings (SSSR count). The summed E-state index contributed by atoms with van der Waals surface area (Å²) in [5.74, 6) is 2.30. The first-order valence-electron chi connectivity index (χ1n) is 7.72. The zero-order valence-corrected chi connectivity index (χ0v) is 12.4. The van der Waals surface area contributed by atoms with Gasteiger partial charge in [-0.3, -0.25) is 9.48 Å². The van der Waals surface area contributed by atoms with Gasteiger partial charge in [0.25, 0.3) is 5.91 Å². The molecular formula is C15H24N4O. The summed E-state index contributed by atoms with van der Waals surface area (Å²) < 4.78 is 1.70. The van der Waals surface area contributed by atoms with Crippen LogP contribution >= 0.6 is 0 Å². The summed E-state index contributed by atoms with van der Waals surface area (Å²) in [7, 11) is 0. The average molecular weight is 276 g/mol. The molecule has 1 aromatic heterocycles. The predicted octanol–water partition coefficient (Wildman–Crippen LogP) is 1.96. The van der Waals surface area contributed by atoms with E-state index in [1.807, 2.05) is 13.8 Å². The molecule has 2 aliphatic rings. The molecule has 0 aliphatic heterocycles. The molecule has 0 unspecified atom stereocenters. The Morgan fingerprint density at radius 3 is 2.50 bits per heavy atom. The maximum atomic E-state index is 12.4. The van der Waals surface area contributed by atoms with E-state index in [4.69, 9.17) is 5.73 Å². The molecule has 3 N–H and O–H groups in total. The Bertz CT molecular complexity index is 502. The van der Waals surface area contributed by atoms with Gasteiger partial charge in [0.1, 0.15) is 5.69 Å². The first-order chi connectivity index (χ1) is 9.61. The number of carbonyl (C=O) groups excluding carboxylic acids is 1. The average Bonchev–Trinajstić information content (AvgIpc) is 3.31. The Morgan fingerprint density at radius 1 is 1.40 bits per heavy atom. The summed E-state index contributed by atoms with van der Waals surface area (Å²) in [6.45, 7) is 5.27. The number of carbonyl (C=O) groups is 1. The highest BCUT2D eigenvalue weighted by Crippen LogP contribution is 2.48. The minimum atomic E-state index is -0.0729. The number of nitrogens with zero attached hydrogens (tertiary/aromatic N) is 2. The molecular weight excluding hydrogens is 252 g/mol. The quantitative estimate of drug-likeness (QED) is 0.834. The topological polar surface area (TPSA) is 72.9 Å². The van der Waals surface area contributed by atoms with Gasteiger partial charge in [-0.2, -0.15) is 5.10 Å². The van der Waals surface area contributed by atoms with Crippen LogP contribution in [0, 0.1) is 24.7 Å². The highest BCUT2D eigenvalue weighted by Gasteiger charge is 2.41. The summed E-state index contributed by atoms with van der Waals surface area (Å²) in [4.78, 5) is 12.4. The number of hydrogen-bond acceptors (Lipinski definition) is 3. The van der Waals surface area contributed by atoms with Crippen molar-refractivity contribution in [3.05, 3.63) is 11.4 Å². The van der Waals surface area contributed by atoms with E-state index in [-0.39, 0.29) is 5.91 Å². The highest BCUT2D eigenvalue weighted by atomic mass is 16.2. The molecule has 0 atom stereocenters. The number of aryl methyl sites for hydroxylation is 2. The lowest BCUT2D eigenvalue weighted by Crippen LogP contribution is -2.33. The maximum Gasteiger partial charge on any atom is 0.271 e. The molecule has 5 nitrogen and oxygen atoms in total. The van der Waals surface area contributed by atoms with Crippen molar-refractivity contribution in [2.24, 2.45) is 17.8 Å². The van der Waals surface area contributed by atoms with Crippen LogP contribution in [-0.2, 0) is 6.54 Å². The van der Waals surface area contributed by atoms with E-state index in [0.717, 1.165) is 24.1 Å². The largest absolute Gasteiger partial charge is 0.395 e. The van der Waals surface area contributed by atoms with Gasteiger partial charge in [0.05, 0.1) is 11.4 Å². The van der Waals surface area contributed by atoms with E-state index in [0.29, 0.717) is 23.8 Å². The van der Waals surface area contributed by atoms with Gasteiger partial charge in [-0.05, 0) is 57.3 Å². The van der Waals surface area contributed by atoms with Gasteiger partial charge < -0.3 is 11.1 Å². The summed E-state index contributed by atoms with van der Waals surface area (Å²) in [6.07, 6.45) is 5.35. The van der Waals surface area contributed by atoms with E-state index in [2.05, 4.69) is 10.4 Å². The second-order valence-electron chi connectivity index (χ2n) is 6.21. The zero-order chi connectivity index (χ0) is 14.3. The van der Waals surface area contributed by atoms with Crippen molar-refractivity contribution < 1.29 is 4.79 Å². The molecule has 20 heavy (non-hydrogen) atoms. The predicted molar refractivity (Wildman–Crippen MR) is 78.3 cm³/mol. The van der Waals surface area contributed by atoms with Crippen LogP contribution in [0.1, 0.15) is 48.8 Å². The third-order valence-corrected chi connectivity index (χ3v) is 4.64. The van der Waals surface area contributed by atoms with Crippen LogP contribution in [0.3, 0.4) is 0 Å². The smallest absolute Gasteiger partial charge is 0.271 e. The van der Waals surface area contributed by atoms with Gasteiger partial charge in [-0.25, -0.2) is 0 Å². The van der Waals surface area contributed by atoms with Gasteiger partial charge in [-0.1, -0.05) is 0 Å². The van der Waals surface area contributed by atoms with Crippen LogP contribution in [0.15, 0.2) is 0 Å². The molecule has 0 radical (unpaired) electrons. The number of nitrogens with two attached hydrogens (primary N) is 1. The van der Waals surface area contributed by atoms with E-state index < -0.39 is 0 Å². The van der Waals surface area contributed by atoms with E-state index in [9.17, 15) is 4.79 Å². The fourth-order valence-electron chi connectivity index (χ4n) is 3.12. The van der Waals surface area contributed by atoms with Crippen molar-refractivity contribution in [3.8, 4) is 0 Å². The molecule has 2 saturated carbocycles. The van der Waals surface area contributed by atoms with E-state index in [1.165, 1.54) is 25.7 Å². The Kier molecular flexibility index (Phi) is 3.44. The SMILES string of the molecule is CCn1nc(C)c(N)c1C(=O)NCC(C1CC1)C1CC1. The molecule has 1 amide bonds. The summed E-state index contributed by atoms with van der Waals surface area (Å²) in [5, 5.41) is 7.39. The number of nitrogens with one attached hydrogen (secondary N) is 1. The fraction of sp³-hybridized carbons (Fsp3) is 0.733. The van der Waals surface area contributed by atoms with Gasteiger partial charge in [0.15, 0.2) is 0 Å². The van der Waals surface area contributed by atoms with Crippen molar-refractivity contribution in [1.82, 2.24) is 15.1 Å². The Balaban J connectivity index is 1.66. The molecule has 2 aliphatic carbocycles. The summed E-state index contributed by atoms with van der Waals surface area (Å²) >= 11 is 0. The second-order valence-corrected chi connectivity index (χ2v) is 6.21. The monoisotopic (exact) mass is 276 g/mol. The molecule has 110 valence electrons. The number of aromatic nitrogens is 2. The van der Waals surface area contributed by atoms with Crippen LogP contribution in [0.5, 0.6) is 0 Å². The van der Waals surface area contributed by atoms with Crippen LogP contribution < -0.4 is 11.1 Å². The number of nitrogen functional groups attached to an aromatic ring is 1. The van der Waals surface area contributed by atoms with Crippen LogP contribution in [0.2, 0.25) is 0 Å². The first kappa shape index (κ1) is 13.5. The van der Waals surface area contributed by atoms with Gasteiger partial charge in [0.2, 0.25) is 0 Å². The lowest BCUT2D eigenvalue weighted by atomic mass is 9.98. The van der Waals surface area contributed by atoms with Crippen molar-refractivity contribution in [1.29, 1.82) is 0 Å². The molecule has 1 heterocycles. The Hall–Kier alpha value is -1.52. The standard InChI is InChI=1S/C15H24N4O/c1-3-19-14(13(16)9(2)18-19)15(20)17-8-12(10-4-5-10)11-6-7-11/h10-12H,3-8,16H2,1-2H3,(H,17,20). The first-order valence-corrected chi connectivity index (χ1v) is 7.72. The molecule has 0 saturated heterocycles. The summed E-state index contributed by atoms with van der Waals surface area (Å²) in [5.41, 5.74) is 7.76. The van der Waals surface area contributed by atoms with Gasteiger partial charge in [0, 0.05) is 13.1 Å². The van der Waals surface area contributed by atoms with Gasteiger partial charge >= 0.3 is 0 Å². The van der Waals surface area contributed by atoms with Crippen LogP contribution in [-0.4, -0.2) is 22.2 Å². The third-order valence-electron chi connectivity index (χ3n) is 4.64. The minimum Gasteiger partial charge on any atom is -0.395 e. The lowest BCUT2D eigenvalue weighted by Gasteiger charge is -2.16. The Labute approximate surface area is 119 Å². The zero-order valence-electron chi connectivity index (χ0n) is 12.4. The van der Waals surface area contributed by atoms with Crippen molar-refractivity contribution in [2.75, 3.05) is 12.3 Å². The normalized spacial score (nSPS) is 18.6. The van der Waals surface area contributed by atoms with Crippen LogP contribution in [0.4, 0.5) is 5.69 Å². The molecule has 2 fully saturated rings. The lowest BCUT2D eigenvalue weighted by molar-refractivity contribution is 0.0933. The highest BCUT2D eigenvalue weighted by molar-refractivity contribution is 5.97. The molecule has 5 heteroatoms. The Morgan fingerprint density at radius 2 is 2.00 bits per heavy atom. The number of anilines is 1. The maximum absolute atomic E-state index is 12.4. The van der Waals surface area contributed by atoms with Crippen molar-refractivity contribution in [2.45, 2.75) is 46.1 Å². The molecule has 0 aromatic carbocycles. The number of hydrogen-bond donors (Lipinski definition) is 2.